The van der Waals surface area contributed by atoms with Crippen molar-refractivity contribution >= 4 is 20.0 Å². The van der Waals surface area contributed by atoms with E-state index in [-0.39, 0.29) is 28.0 Å². The van der Waals surface area contributed by atoms with Gasteiger partial charge in [-0.1, -0.05) is 51.1 Å². The SMILES string of the molecule is CN(C)[C@]1(c2ccccc2)CC[C@]2(CC1)CN(c1cnc(C#N)nc1)C(=O)N2CCO[Si](C)(C)C(C)(C)C. The number of nitrogens with zero attached hydrogens (tertiary/aromatic N) is 6. The molecule has 2 aliphatic rings. The predicted octanol–water partition coefficient (Wildman–Crippen LogP) is 5.38. The number of amides is 2. The van der Waals surface area contributed by atoms with Crippen LogP contribution in [0.1, 0.15) is 57.8 Å². The van der Waals surface area contributed by atoms with Gasteiger partial charge < -0.3 is 9.33 Å². The van der Waals surface area contributed by atoms with Crippen LogP contribution in [0.5, 0.6) is 0 Å². The van der Waals surface area contributed by atoms with Crippen LogP contribution < -0.4 is 4.90 Å². The van der Waals surface area contributed by atoms with Gasteiger partial charge in [0, 0.05) is 12.1 Å². The molecular weight excluding hydrogens is 492 g/mol. The van der Waals surface area contributed by atoms with Gasteiger partial charge in [-0.2, -0.15) is 5.26 Å². The number of rotatable bonds is 7. The highest BCUT2D eigenvalue weighted by molar-refractivity contribution is 6.74. The summed E-state index contributed by atoms with van der Waals surface area (Å²) in [5.74, 6) is 0.103. The molecule has 9 heteroatoms. The Morgan fingerprint density at radius 1 is 1.08 bits per heavy atom. The highest BCUT2D eigenvalue weighted by atomic mass is 28.4. The Kier molecular flexibility index (Phi) is 7.72. The Morgan fingerprint density at radius 3 is 2.21 bits per heavy atom. The van der Waals surface area contributed by atoms with E-state index in [9.17, 15) is 4.79 Å². The molecule has 1 saturated heterocycles. The van der Waals surface area contributed by atoms with E-state index in [1.807, 2.05) is 6.07 Å². The number of carbonyl (C=O) groups is 1. The van der Waals surface area contributed by atoms with E-state index < -0.39 is 8.32 Å². The normalized spacial score (nSPS) is 24.3. The van der Waals surface area contributed by atoms with E-state index in [0.29, 0.717) is 25.4 Å². The Labute approximate surface area is 228 Å². The van der Waals surface area contributed by atoms with Gasteiger partial charge in [-0.25, -0.2) is 14.8 Å². The zero-order chi connectivity index (χ0) is 27.8. The van der Waals surface area contributed by atoms with Crippen molar-refractivity contribution in [1.82, 2.24) is 19.8 Å². The maximum absolute atomic E-state index is 13.9. The summed E-state index contributed by atoms with van der Waals surface area (Å²) in [5.41, 5.74) is 1.60. The van der Waals surface area contributed by atoms with Crippen molar-refractivity contribution in [2.75, 3.05) is 38.7 Å². The molecule has 204 valence electrons. The molecule has 0 unspecified atom stereocenters. The first-order valence-electron chi connectivity index (χ1n) is 13.5. The van der Waals surface area contributed by atoms with Crippen LogP contribution in [0.25, 0.3) is 0 Å². The molecule has 0 radical (unpaired) electrons. The van der Waals surface area contributed by atoms with Gasteiger partial charge in [0.15, 0.2) is 8.32 Å². The largest absolute Gasteiger partial charge is 0.415 e. The second-order valence-electron chi connectivity index (χ2n) is 12.5. The lowest BCUT2D eigenvalue weighted by Crippen LogP contribution is -2.56. The molecule has 2 aromatic rings. The molecule has 38 heavy (non-hydrogen) atoms. The van der Waals surface area contributed by atoms with Crippen LogP contribution in [0, 0.1) is 11.3 Å². The molecule has 2 amide bonds. The number of benzene rings is 1. The molecule has 1 aliphatic carbocycles. The lowest BCUT2D eigenvalue weighted by molar-refractivity contribution is 0.0222. The third kappa shape index (κ3) is 5.09. The van der Waals surface area contributed by atoms with Crippen molar-refractivity contribution in [3.05, 3.63) is 54.1 Å². The molecule has 8 nitrogen and oxygen atoms in total. The van der Waals surface area contributed by atoms with Crippen molar-refractivity contribution in [1.29, 1.82) is 5.26 Å². The third-order valence-corrected chi connectivity index (χ3v) is 13.8. The number of anilines is 1. The van der Waals surface area contributed by atoms with Gasteiger partial charge in [0.2, 0.25) is 5.82 Å². The Bertz CT molecular complexity index is 1160. The summed E-state index contributed by atoms with van der Waals surface area (Å²) in [7, 11) is 2.38. The van der Waals surface area contributed by atoms with Gasteiger partial charge in [-0.15, -0.1) is 0 Å². The molecule has 0 bridgehead atoms. The number of aromatic nitrogens is 2. The van der Waals surface area contributed by atoms with Gasteiger partial charge in [0.05, 0.1) is 36.8 Å². The van der Waals surface area contributed by atoms with Crippen molar-refractivity contribution < 1.29 is 9.22 Å². The summed E-state index contributed by atoms with van der Waals surface area (Å²) in [6, 6.07) is 12.7. The summed E-state index contributed by atoms with van der Waals surface area (Å²) in [5, 5.41) is 9.22. The van der Waals surface area contributed by atoms with E-state index in [4.69, 9.17) is 9.69 Å². The van der Waals surface area contributed by atoms with Crippen LogP contribution in [0.3, 0.4) is 0 Å². The van der Waals surface area contributed by atoms with E-state index >= 15 is 0 Å². The van der Waals surface area contributed by atoms with Gasteiger partial charge in [-0.05, 0) is 63.5 Å². The second kappa shape index (κ2) is 10.4. The highest BCUT2D eigenvalue weighted by Crippen LogP contribution is 2.49. The molecule has 2 heterocycles. The van der Waals surface area contributed by atoms with Crippen LogP contribution in [0.2, 0.25) is 18.1 Å². The minimum absolute atomic E-state index is 0.0331. The first-order chi connectivity index (χ1) is 17.9. The average molecular weight is 535 g/mol. The van der Waals surface area contributed by atoms with Crippen molar-refractivity contribution in [3.8, 4) is 6.07 Å². The van der Waals surface area contributed by atoms with Crippen molar-refractivity contribution in [3.63, 3.8) is 0 Å². The fourth-order valence-corrected chi connectivity index (χ4v) is 6.79. The van der Waals surface area contributed by atoms with Gasteiger partial charge in [0.1, 0.15) is 6.07 Å². The minimum Gasteiger partial charge on any atom is -0.415 e. The Hall–Kier alpha value is -2.80. The zero-order valence-electron chi connectivity index (χ0n) is 24.0. The lowest BCUT2D eigenvalue weighted by atomic mass is 9.68. The number of nitriles is 1. The van der Waals surface area contributed by atoms with Crippen LogP contribution in [0.4, 0.5) is 10.5 Å². The second-order valence-corrected chi connectivity index (χ2v) is 17.3. The summed E-state index contributed by atoms with van der Waals surface area (Å²) >= 11 is 0. The monoisotopic (exact) mass is 534 g/mol. The molecule has 4 rings (SSSR count). The smallest absolute Gasteiger partial charge is 0.325 e. The van der Waals surface area contributed by atoms with Crippen LogP contribution in [0.15, 0.2) is 42.7 Å². The first kappa shape index (κ1) is 28.2. The minimum atomic E-state index is -1.94. The Balaban J connectivity index is 1.61. The number of carbonyl (C=O) groups excluding carboxylic acids is 1. The third-order valence-electron chi connectivity index (χ3n) is 9.30. The molecule has 2 fully saturated rings. The zero-order valence-corrected chi connectivity index (χ0v) is 25.0. The average Bonchev–Trinajstić information content (AvgIpc) is 3.15. The molecule has 0 atom stereocenters. The maximum atomic E-state index is 13.9. The predicted molar refractivity (Wildman–Crippen MR) is 152 cm³/mol. The highest BCUT2D eigenvalue weighted by Gasteiger charge is 2.55. The number of hydrogen-bond donors (Lipinski definition) is 0. The molecule has 1 aromatic carbocycles. The van der Waals surface area contributed by atoms with Crippen LogP contribution in [-0.2, 0) is 9.96 Å². The number of urea groups is 1. The number of hydrogen-bond acceptors (Lipinski definition) is 6. The summed E-state index contributed by atoms with van der Waals surface area (Å²) in [4.78, 5) is 28.4. The summed E-state index contributed by atoms with van der Waals surface area (Å²) in [6.45, 7) is 12.9. The summed E-state index contributed by atoms with van der Waals surface area (Å²) < 4.78 is 6.52. The van der Waals surface area contributed by atoms with Gasteiger partial charge in [0.25, 0.3) is 0 Å². The standard InChI is InChI=1S/C29H42N6O2Si/c1-27(2,3)38(6,7)37-18-17-35-26(36)34(24-20-31-25(19-30)32-21-24)22-28(35)13-15-29(16-14-28,33(4)5)23-11-9-8-10-12-23/h8-12,20-21H,13-18,22H2,1-7H3/t28-,29+. The van der Waals surface area contributed by atoms with E-state index in [0.717, 1.165) is 25.7 Å². The summed E-state index contributed by atoms with van der Waals surface area (Å²) in [6.07, 6.45) is 6.86. The molecule has 0 N–H and O–H groups in total. The fraction of sp³-hybridized carbons (Fsp3) is 0.586. The van der Waals surface area contributed by atoms with Gasteiger partial charge in [-0.3, -0.25) is 9.80 Å². The van der Waals surface area contributed by atoms with Crippen molar-refractivity contribution in [2.24, 2.45) is 0 Å². The molecule has 1 spiro atoms. The molecule has 1 aromatic heterocycles. The molecule has 1 saturated carbocycles. The fourth-order valence-electron chi connectivity index (χ4n) is 5.76. The molecule has 1 aliphatic heterocycles. The first-order valence-corrected chi connectivity index (χ1v) is 16.4. The quantitative estimate of drug-likeness (QED) is 0.443. The Morgan fingerprint density at radius 2 is 1.68 bits per heavy atom. The van der Waals surface area contributed by atoms with E-state index in [1.54, 1.807) is 17.3 Å². The van der Waals surface area contributed by atoms with E-state index in [1.165, 1.54) is 5.56 Å². The van der Waals surface area contributed by atoms with Crippen LogP contribution in [-0.4, -0.2) is 73.4 Å². The van der Waals surface area contributed by atoms with E-state index in [2.05, 4.69) is 98.1 Å². The lowest BCUT2D eigenvalue weighted by Gasteiger charge is -2.51. The van der Waals surface area contributed by atoms with Crippen molar-refractivity contribution in [2.45, 2.75) is 75.7 Å². The van der Waals surface area contributed by atoms with Crippen LogP contribution >= 0.6 is 0 Å². The molecular formula is C29H42N6O2Si. The topological polar surface area (TPSA) is 85.6 Å². The van der Waals surface area contributed by atoms with Gasteiger partial charge >= 0.3 is 6.03 Å². The maximum Gasteiger partial charge on any atom is 0.325 e.